The lowest BCUT2D eigenvalue weighted by molar-refractivity contribution is 0.0787. The van der Waals surface area contributed by atoms with E-state index in [9.17, 15) is 4.79 Å². The smallest absolute Gasteiger partial charge is 0.257 e. The third-order valence-corrected chi connectivity index (χ3v) is 5.74. The van der Waals surface area contributed by atoms with Crippen molar-refractivity contribution in [1.29, 1.82) is 0 Å². The summed E-state index contributed by atoms with van der Waals surface area (Å²) in [6, 6.07) is 18.4. The third kappa shape index (κ3) is 4.13. The monoisotopic (exact) mass is 424 g/mol. The van der Waals surface area contributed by atoms with Crippen LogP contribution in [0.1, 0.15) is 52.9 Å². The highest BCUT2D eigenvalue weighted by atomic mass is 35.5. The molecule has 5 nitrogen and oxygen atoms in total. The highest BCUT2D eigenvalue weighted by Crippen LogP contribution is 2.30. The lowest BCUT2D eigenvalue weighted by atomic mass is 9.95. The molecule has 0 spiro atoms. The Bertz CT molecular complexity index is 998. The van der Waals surface area contributed by atoms with Gasteiger partial charge in [-0.3, -0.25) is 4.79 Å². The zero-order chi connectivity index (χ0) is 20.5. The quantitative estimate of drug-likeness (QED) is 0.679. The number of rotatable bonds is 4. The van der Waals surface area contributed by atoms with Crippen molar-refractivity contribution < 1.29 is 4.79 Å². The molecule has 0 radical (unpaired) electrons. The summed E-state index contributed by atoms with van der Waals surface area (Å²) < 4.78 is 1.89. The topological polar surface area (TPSA) is 64.2 Å². The summed E-state index contributed by atoms with van der Waals surface area (Å²) in [5.74, 6) is 0.342. The first-order valence-corrected chi connectivity index (χ1v) is 10.2. The van der Waals surface area contributed by atoms with Gasteiger partial charge in [-0.25, -0.2) is 4.68 Å². The Morgan fingerprint density at radius 3 is 2.37 bits per heavy atom. The number of carbonyl (C=O) groups excluding carboxylic acids is 1. The molecule has 1 aliphatic heterocycles. The van der Waals surface area contributed by atoms with E-state index in [4.69, 9.17) is 5.73 Å². The number of likely N-dealkylation sites (tertiary alicyclic amines) is 1. The van der Waals surface area contributed by atoms with E-state index in [1.807, 2.05) is 39.9 Å². The number of benzene rings is 2. The first-order valence-electron chi connectivity index (χ1n) is 10.2. The summed E-state index contributed by atoms with van der Waals surface area (Å²) in [4.78, 5) is 15.3. The van der Waals surface area contributed by atoms with E-state index in [0.29, 0.717) is 18.7 Å². The molecular formula is C24H29ClN4O. The van der Waals surface area contributed by atoms with Crippen LogP contribution in [0.4, 0.5) is 0 Å². The Morgan fingerprint density at radius 1 is 1.07 bits per heavy atom. The average Bonchev–Trinajstić information content (AvgIpc) is 3.33. The minimum atomic E-state index is -0.0593. The van der Waals surface area contributed by atoms with Crippen LogP contribution in [0, 0.1) is 6.92 Å². The number of halogens is 1. The van der Waals surface area contributed by atoms with Crippen molar-refractivity contribution in [2.45, 2.75) is 38.6 Å². The maximum absolute atomic E-state index is 13.4. The number of hydrogen-bond donors (Lipinski definition) is 1. The Labute approximate surface area is 184 Å². The standard InChI is InChI=1S/C24H28N4O.ClH/c1-16(2)23-20(13-26-28(23)19-11-9-17(3)10-12-19)24(29)27-14-21(22(25)15-27)18-7-5-4-6-8-18;/h4-13,16,21-22H,14-15,25H2,1-3H3;1H/t21-,22+;/m0./s1. The lowest BCUT2D eigenvalue weighted by Gasteiger charge is -2.18. The van der Waals surface area contributed by atoms with Crippen molar-refractivity contribution in [3.8, 4) is 5.69 Å². The van der Waals surface area contributed by atoms with Crippen molar-refractivity contribution in [3.05, 3.63) is 83.2 Å². The van der Waals surface area contributed by atoms with Crippen LogP contribution in [-0.4, -0.2) is 39.7 Å². The SMILES string of the molecule is Cc1ccc(-n2ncc(C(=O)N3C[C@@H](N)[C@H](c4ccccc4)C3)c2C(C)C)cc1.Cl. The maximum atomic E-state index is 13.4. The summed E-state index contributed by atoms with van der Waals surface area (Å²) in [6.45, 7) is 7.45. The van der Waals surface area contributed by atoms with E-state index in [1.165, 1.54) is 11.1 Å². The molecule has 30 heavy (non-hydrogen) atoms. The fourth-order valence-electron chi connectivity index (χ4n) is 4.19. The van der Waals surface area contributed by atoms with Crippen LogP contribution in [0.3, 0.4) is 0 Å². The summed E-state index contributed by atoms with van der Waals surface area (Å²) in [5, 5.41) is 4.56. The van der Waals surface area contributed by atoms with Crippen molar-refractivity contribution in [2.24, 2.45) is 5.73 Å². The van der Waals surface area contributed by atoms with Gasteiger partial charge in [-0.2, -0.15) is 5.10 Å². The fraction of sp³-hybridized carbons (Fsp3) is 0.333. The van der Waals surface area contributed by atoms with Crippen molar-refractivity contribution in [1.82, 2.24) is 14.7 Å². The highest BCUT2D eigenvalue weighted by molar-refractivity contribution is 5.95. The molecular weight excluding hydrogens is 396 g/mol. The molecule has 0 unspecified atom stereocenters. The predicted molar refractivity (Wildman–Crippen MR) is 123 cm³/mol. The Morgan fingerprint density at radius 2 is 1.73 bits per heavy atom. The van der Waals surface area contributed by atoms with Gasteiger partial charge in [0.25, 0.3) is 5.91 Å². The fourth-order valence-corrected chi connectivity index (χ4v) is 4.19. The lowest BCUT2D eigenvalue weighted by Crippen LogP contribution is -2.32. The van der Waals surface area contributed by atoms with E-state index >= 15 is 0 Å². The van der Waals surface area contributed by atoms with E-state index < -0.39 is 0 Å². The molecule has 0 saturated carbocycles. The summed E-state index contributed by atoms with van der Waals surface area (Å²) in [7, 11) is 0. The van der Waals surface area contributed by atoms with Gasteiger partial charge in [-0.1, -0.05) is 61.9 Å². The van der Waals surface area contributed by atoms with Gasteiger partial charge < -0.3 is 10.6 Å². The molecule has 3 aromatic rings. The number of carbonyl (C=O) groups is 1. The molecule has 1 aromatic heterocycles. The number of aryl methyl sites for hydroxylation is 1. The second-order valence-corrected chi connectivity index (χ2v) is 8.24. The molecule has 2 N–H and O–H groups in total. The molecule has 1 saturated heterocycles. The minimum absolute atomic E-state index is 0. The highest BCUT2D eigenvalue weighted by Gasteiger charge is 2.36. The van der Waals surface area contributed by atoms with Gasteiger partial charge in [0.1, 0.15) is 0 Å². The normalized spacial score (nSPS) is 18.5. The molecule has 0 bridgehead atoms. The average molecular weight is 425 g/mol. The molecule has 2 atom stereocenters. The van der Waals surface area contributed by atoms with Gasteiger partial charge in [0.15, 0.2) is 0 Å². The zero-order valence-electron chi connectivity index (χ0n) is 17.7. The number of amides is 1. The third-order valence-electron chi connectivity index (χ3n) is 5.74. The molecule has 2 aromatic carbocycles. The second-order valence-electron chi connectivity index (χ2n) is 8.24. The summed E-state index contributed by atoms with van der Waals surface area (Å²) >= 11 is 0. The summed E-state index contributed by atoms with van der Waals surface area (Å²) in [5.41, 5.74) is 11.4. The summed E-state index contributed by atoms with van der Waals surface area (Å²) in [6.07, 6.45) is 1.71. The van der Waals surface area contributed by atoms with Crippen molar-refractivity contribution in [2.75, 3.05) is 13.1 Å². The Kier molecular flexibility index (Phi) is 6.64. The molecule has 4 rings (SSSR count). The van der Waals surface area contributed by atoms with Crippen LogP contribution in [0.25, 0.3) is 5.69 Å². The minimum Gasteiger partial charge on any atom is -0.336 e. The van der Waals surface area contributed by atoms with E-state index in [2.05, 4.69) is 50.1 Å². The molecule has 0 aliphatic carbocycles. The van der Waals surface area contributed by atoms with Crippen molar-refractivity contribution in [3.63, 3.8) is 0 Å². The van der Waals surface area contributed by atoms with E-state index in [1.54, 1.807) is 6.20 Å². The number of nitrogens with two attached hydrogens (primary N) is 1. The Hall–Kier alpha value is -2.63. The van der Waals surface area contributed by atoms with Gasteiger partial charge >= 0.3 is 0 Å². The van der Waals surface area contributed by atoms with Crippen LogP contribution in [0.2, 0.25) is 0 Å². The van der Waals surface area contributed by atoms with Crippen LogP contribution < -0.4 is 5.73 Å². The van der Waals surface area contributed by atoms with Crippen molar-refractivity contribution >= 4 is 18.3 Å². The largest absolute Gasteiger partial charge is 0.336 e. The number of nitrogens with zero attached hydrogens (tertiary/aromatic N) is 3. The van der Waals surface area contributed by atoms with Gasteiger partial charge in [0.2, 0.25) is 0 Å². The molecule has 1 aliphatic rings. The zero-order valence-corrected chi connectivity index (χ0v) is 18.5. The first-order chi connectivity index (χ1) is 14.0. The molecule has 1 fully saturated rings. The van der Waals surface area contributed by atoms with E-state index in [0.717, 1.165) is 11.4 Å². The molecule has 158 valence electrons. The number of aromatic nitrogens is 2. The predicted octanol–water partition coefficient (Wildman–Crippen LogP) is 4.29. The van der Waals surface area contributed by atoms with E-state index in [-0.39, 0.29) is 36.2 Å². The number of hydrogen-bond acceptors (Lipinski definition) is 3. The molecule has 1 amide bonds. The van der Waals surface area contributed by atoms with Gasteiger partial charge in [0.05, 0.1) is 23.1 Å². The van der Waals surface area contributed by atoms with Crippen LogP contribution in [0.5, 0.6) is 0 Å². The van der Waals surface area contributed by atoms with Crippen LogP contribution in [0.15, 0.2) is 60.8 Å². The molecule has 2 heterocycles. The van der Waals surface area contributed by atoms with Gasteiger partial charge in [0, 0.05) is 25.0 Å². The maximum Gasteiger partial charge on any atom is 0.257 e. The van der Waals surface area contributed by atoms with Crippen LogP contribution >= 0.6 is 12.4 Å². The van der Waals surface area contributed by atoms with Gasteiger partial charge in [-0.15, -0.1) is 12.4 Å². The van der Waals surface area contributed by atoms with Crippen LogP contribution in [-0.2, 0) is 0 Å². The first kappa shape index (κ1) is 22.1. The second kappa shape index (κ2) is 9.02. The molecule has 6 heteroatoms. The Balaban J connectivity index is 0.00000256. The van der Waals surface area contributed by atoms with Gasteiger partial charge in [-0.05, 0) is 30.5 Å².